The standard InChI is InChI=1S/C4H10S.C2H4/c1-4(2,3)5;1-2/h5H,1-3H3;1-2H2. The maximum Gasteiger partial charge on any atom is 0.00449 e. The van der Waals surface area contributed by atoms with Crippen LogP contribution in [0.25, 0.3) is 0 Å². The van der Waals surface area contributed by atoms with E-state index in [4.69, 9.17) is 0 Å². The molecule has 0 nitrogen and oxygen atoms in total. The monoisotopic (exact) mass is 118 g/mol. The highest BCUT2D eigenvalue weighted by Crippen LogP contribution is 2.07. The number of hydrogen-bond donors (Lipinski definition) is 1. The highest BCUT2D eigenvalue weighted by Gasteiger charge is 1.96. The molecule has 0 aromatic rings. The zero-order valence-electron chi connectivity index (χ0n) is 5.36. The Bertz CT molecular complexity index is 27.9. The second kappa shape index (κ2) is 4.25. The second-order valence-corrected chi connectivity index (χ2v) is 3.51. The van der Waals surface area contributed by atoms with Gasteiger partial charge in [-0.3, -0.25) is 0 Å². The van der Waals surface area contributed by atoms with Crippen molar-refractivity contribution in [3.05, 3.63) is 13.2 Å². The average molecular weight is 118 g/mol. The predicted octanol–water partition coefficient (Wildman–Crippen LogP) is 2.52. The Hall–Kier alpha value is 0.0900. The van der Waals surface area contributed by atoms with E-state index in [1.54, 1.807) is 0 Å². The van der Waals surface area contributed by atoms with Crippen LogP contribution < -0.4 is 0 Å². The molecule has 0 atom stereocenters. The summed E-state index contributed by atoms with van der Waals surface area (Å²) in [7, 11) is 0. The third-order valence-electron chi connectivity index (χ3n) is 0. The van der Waals surface area contributed by atoms with Crippen LogP contribution in [0.5, 0.6) is 0 Å². The lowest BCUT2D eigenvalue weighted by molar-refractivity contribution is 0.812. The van der Waals surface area contributed by atoms with Crippen LogP contribution in [0.3, 0.4) is 0 Å². The molecule has 0 fully saturated rings. The van der Waals surface area contributed by atoms with Gasteiger partial charge in [-0.05, 0) is 0 Å². The third kappa shape index (κ3) is 12600. The van der Waals surface area contributed by atoms with E-state index < -0.39 is 0 Å². The van der Waals surface area contributed by atoms with E-state index in [2.05, 4.69) is 46.6 Å². The minimum absolute atomic E-state index is 0.194. The van der Waals surface area contributed by atoms with Crippen molar-refractivity contribution >= 4 is 12.6 Å². The van der Waals surface area contributed by atoms with Gasteiger partial charge in [0, 0.05) is 4.75 Å². The first-order chi connectivity index (χ1) is 3.00. The van der Waals surface area contributed by atoms with E-state index in [-0.39, 0.29) is 4.75 Å². The SMILES string of the molecule is C=C.CC(C)(C)S. The molecule has 0 unspecified atom stereocenters. The van der Waals surface area contributed by atoms with Crippen LogP contribution in [-0.2, 0) is 0 Å². The molecular weight excluding hydrogens is 104 g/mol. The van der Waals surface area contributed by atoms with Crippen LogP contribution in [0.2, 0.25) is 0 Å². The van der Waals surface area contributed by atoms with Crippen LogP contribution in [0.4, 0.5) is 0 Å². The van der Waals surface area contributed by atoms with E-state index in [9.17, 15) is 0 Å². The molecule has 0 aromatic carbocycles. The van der Waals surface area contributed by atoms with Gasteiger partial charge in [-0.2, -0.15) is 12.6 Å². The average Bonchev–Trinajstić information content (AvgIpc) is 1.36. The fraction of sp³-hybridized carbons (Fsp3) is 0.667. The maximum absolute atomic E-state index is 4.12. The van der Waals surface area contributed by atoms with Crippen molar-refractivity contribution in [1.82, 2.24) is 0 Å². The van der Waals surface area contributed by atoms with Crippen molar-refractivity contribution in [2.24, 2.45) is 0 Å². The van der Waals surface area contributed by atoms with Crippen molar-refractivity contribution in [1.29, 1.82) is 0 Å². The Morgan fingerprint density at radius 2 is 1.14 bits per heavy atom. The first kappa shape index (κ1) is 10.1. The van der Waals surface area contributed by atoms with Gasteiger partial charge < -0.3 is 0 Å². The van der Waals surface area contributed by atoms with Gasteiger partial charge in [0.2, 0.25) is 0 Å². The van der Waals surface area contributed by atoms with Gasteiger partial charge in [0.25, 0.3) is 0 Å². The Morgan fingerprint density at radius 1 is 1.14 bits per heavy atom. The highest BCUT2D eigenvalue weighted by atomic mass is 32.1. The van der Waals surface area contributed by atoms with Crippen molar-refractivity contribution in [2.75, 3.05) is 0 Å². The summed E-state index contributed by atoms with van der Waals surface area (Å²) in [6.45, 7) is 12.2. The molecule has 0 bridgehead atoms. The predicted molar refractivity (Wildman–Crippen MR) is 40.0 cm³/mol. The molecule has 0 aromatic heterocycles. The Balaban J connectivity index is 0. The molecule has 0 aliphatic heterocycles. The number of hydrogen-bond acceptors (Lipinski definition) is 1. The van der Waals surface area contributed by atoms with E-state index in [0.29, 0.717) is 0 Å². The Labute approximate surface area is 52.0 Å². The fourth-order valence-corrected chi connectivity index (χ4v) is 0. The number of thiol groups is 1. The molecule has 0 aliphatic carbocycles. The summed E-state index contributed by atoms with van der Waals surface area (Å²) >= 11 is 4.12. The lowest BCUT2D eigenvalue weighted by Crippen LogP contribution is -1.99. The van der Waals surface area contributed by atoms with Crippen LogP contribution in [0.15, 0.2) is 13.2 Å². The highest BCUT2D eigenvalue weighted by molar-refractivity contribution is 7.81. The molecule has 0 rings (SSSR count). The lowest BCUT2D eigenvalue weighted by Gasteiger charge is -2.04. The van der Waals surface area contributed by atoms with Crippen LogP contribution in [0, 0.1) is 0 Å². The van der Waals surface area contributed by atoms with Gasteiger partial charge in [-0.15, -0.1) is 13.2 Å². The lowest BCUT2D eigenvalue weighted by atomic mass is 10.3. The van der Waals surface area contributed by atoms with E-state index >= 15 is 0 Å². The summed E-state index contributed by atoms with van der Waals surface area (Å²) in [5.74, 6) is 0. The summed E-state index contributed by atoms with van der Waals surface area (Å²) in [6, 6.07) is 0. The van der Waals surface area contributed by atoms with Crippen LogP contribution in [-0.4, -0.2) is 4.75 Å². The number of rotatable bonds is 0. The van der Waals surface area contributed by atoms with Gasteiger partial charge in [0.15, 0.2) is 0 Å². The van der Waals surface area contributed by atoms with Crippen LogP contribution in [0.1, 0.15) is 20.8 Å². The molecule has 0 amide bonds. The molecule has 0 saturated carbocycles. The molecule has 0 spiro atoms. The summed E-state index contributed by atoms with van der Waals surface area (Å²) in [6.07, 6.45) is 0. The van der Waals surface area contributed by atoms with Gasteiger partial charge in [-0.1, -0.05) is 20.8 Å². The Morgan fingerprint density at radius 3 is 1.14 bits per heavy atom. The fourth-order valence-electron chi connectivity index (χ4n) is 0. The molecule has 0 radical (unpaired) electrons. The molecule has 7 heavy (non-hydrogen) atoms. The quantitative estimate of drug-likeness (QED) is 0.367. The minimum atomic E-state index is 0.194. The van der Waals surface area contributed by atoms with Crippen LogP contribution >= 0.6 is 12.6 Å². The van der Waals surface area contributed by atoms with Crippen molar-refractivity contribution < 1.29 is 0 Å². The topological polar surface area (TPSA) is 0 Å². The summed E-state index contributed by atoms with van der Waals surface area (Å²) in [5.41, 5.74) is 0. The second-order valence-electron chi connectivity index (χ2n) is 2.17. The van der Waals surface area contributed by atoms with E-state index in [0.717, 1.165) is 0 Å². The van der Waals surface area contributed by atoms with Gasteiger partial charge in [0.05, 0.1) is 0 Å². The molecule has 44 valence electrons. The normalized spacial score (nSPS) is 9.14. The molecule has 0 saturated heterocycles. The summed E-state index contributed by atoms with van der Waals surface area (Å²) < 4.78 is 0.194. The smallest absolute Gasteiger partial charge is 0.00449 e. The van der Waals surface area contributed by atoms with Gasteiger partial charge in [-0.25, -0.2) is 0 Å². The summed E-state index contributed by atoms with van der Waals surface area (Å²) in [4.78, 5) is 0. The molecule has 0 N–H and O–H groups in total. The molecule has 1 heteroatoms. The zero-order chi connectivity index (χ0) is 6.50. The minimum Gasteiger partial charge on any atom is -0.173 e. The van der Waals surface area contributed by atoms with E-state index in [1.165, 1.54) is 0 Å². The maximum atomic E-state index is 4.12. The third-order valence-corrected chi connectivity index (χ3v) is 0. The van der Waals surface area contributed by atoms with Crippen molar-refractivity contribution in [3.8, 4) is 0 Å². The van der Waals surface area contributed by atoms with E-state index in [1.807, 2.05) is 0 Å². The van der Waals surface area contributed by atoms with Gasteiger partial charge in [0.1, 0.15) is 0 Å². The van der Waals surface area contributed by atoms with Gasteiger partial charge >= 0.3 is 0 Å². The summed E-state index contributed by atoms with van der Waals surface area (Å²) in [5, 5.41) is 0. The first-order valence-corrected chi connectivity index (χ1v) is 2.67. The zero-order valence-corrected chi connectivity index (χ0v) is 6.26. The van der Waals surface area contributed by atoms with Crippen molar-refractivity contribution in [3.63, 3.8) is 0 Å². The molecule has 0 heterocycles. The van der Waals surface area contributed by atoms with Crippen molar-refractivity contribution in [2.45, 2.75) is 25.5 Å². The largest absolute Gasteiger partial charge is 0.173 e. The molecular formula is C6H14S. The molecule has 0 aliphatic rings. The first-order valence-electron chi connectivity index (χ1n) is 2.22. The Kier molecular flexibility index (Phi) is 6.17.